The number of carbonyl (C=O) groups is 2. The van der Waals surface area contributed by atoms with Crippen LogP contribution in [-0.2, 0) is 9.59 Å². The third-order valence-corrected chi connectivity index (χ3v) is 2.95. The minimum absolute atomic E-state index is 0.0304. The SMILES string of the molecule is CC(=O)CNCCC(C)(C)CC(C)CNC(C)=O. The van der Waals surface area contributed by atoms with Gasteiger partial charge in [0.05, 0.1) is 6.54 Å². The molecule has 0 aromatic carbocycles. The summed E-state index contributed by atoms with van der Waals surface area (Å²) in [5.74, 6) is 0.673. The van der Waals surface area contributed by atoms with Gasteiger partial charge in [-0.2, -0.15) is 0 Å². The minimum atomic E-state index is 0.0304. The maximum Gasteiger partial charge on any atom is 0.216 e. The van der Waals surface area contributed by atoms with Crippen LogP contribution in [0.4, 0.5) is 0 Å². The highest BCUT2D eigenvalue weighted by atomic mass is 16.1. The van der Waals surface area contributed by atoms with Gasteiger partial charge in [-0.1, -0.05) is 20.8 Å². The number of rotatable bonds is 9. The molecule has 0 heterocycles. The summed E-state index contributed by atoms with van der Waals surface area (Å²) in [6.07, 6.45) is 2.10. The van der Waals surface area contributed by atoms with Crippen molar-refractivity contribution in [1.29, 1.82) is 0 Å². The lowest BCUT2D eigenvalue weighted by molar-refractivity contribution is -0.119. The molecule has 0 aliphatic rings. The van der Waals surface area contributed by atoms with Gasteiger partial charge >= 0.3 is 0 Å². The van der Waals surface area contributed by atoms with Gasteiger partial charge in [0, 0.05) is 13.5 Å². The molecule has 0 aromatic rings. The molecule has 4 nitrogen and oxygen atoms in total. The molecule has 0 bridgehead atoms. The van der Waals surface area contributed by atoms with Crippen LogP contribution in [0.25, 0.3) is 0 Å². The number of hydrogen-bond donors (Lipinski definition) is 2. The standard InChI is InChI=1S/C14H28N2O2/c1-11(9-16-13(3)18)8-14(4,5)6-7-15-10-12(2)17/h11,15H,6-10H2,1-5H3,(H,16,18). The fourth-order valence-corrected chi connectivity index (χ4v) is 2.13. The van der Waals surface area contributed by atoms with Crippen LogP contribution in [0.15, 0.2) is 0 Å². The zero-order valence-electron chi connectivity index (χ0n) is 12.4. The molecule has 18 heavy (non-hydrogen) atoms. The van der Waals surface area contributed by atoms with Crippen LogP contribution in [-0.4, -0.2) is 31.3 Å². The van der Waals surface area contributed by atoms with E-state index in [1.54, 1.807) is 13.8 Å². The number of ketones is 1. The Balaban J connectivity index is 3.83. The summed E-state index contributed by atoms with van der Waals surface area (Å²) in [6, 6.07) is 0. The number of amides is 1. The van der Waals surface area contributed by atoms with Gasteiger partial charge in [-0.15, -0.1) is 0 Å². The molecule has 0 aliphatic heterocycles. The van der Waals surface area contributed by atoms with Crippen LogP contribution in [0.1, 0.15) is 47.5 Å². The van der Waals surface area contributed by atoms with Crippen LogP contribution >= 0.6 is 0 Å². The quantitative estimate of drug-likeness (QED) is 0.618. The van der Waals surface area contributed by atoms with Crippen molar-refractivity contribution in [3.8, 4) is 0 Å². The maximum absolute atomic E-state index is 10.8. The first-order valence-corrected chi connectivity index (χ1v) is 6.67. The van der Waals surface area contributed by atoms with Crippen molar-refractivity contribution in [1.82, 2.24) is 10.6 Å². The monoisotopic (exact) mass is 256 g/mol. The predicted octanol–water partition coefficient (Wildman–Crippen LogP) is 1.74. The Bertz CT molecular complexity index is 275. The Kier molecular flexibility index (Phi) is 7.83. The topological polar surface area (TPSA) is 58.2 Å². The molecule has 0 saturated carbocycles. The lowest BCUT2D eigenvalue weighted by Gasteiger charge is -2.28. The molecule has 0 saturated heterocycles. The highest BCUT2D eigenvalue weighted by Crippen LogP contribution is 2.28. The van der Waals surface area contributed by atoms with E-state index in [4.69, 9.17) is 0 Å². The van der Waals surface area contributed by atoms with Crippen molar-refractivity contribution >= 4 is 11.7 Å². The maximum atomic E-state index is 10.8. The van der Waals surface area contributed by atoms with Crippen LogP contribution < -0.4 is 10.6 Å². The average molecular weight is 256 g/mol. The summed E-state index contributed by atoms with van der Waals surface area (Å²) < 4.78 is 0. The smallest absolute Gasteiger partial charge is 0.216 e. The van der Waals surface area contributed by atoms with Crippen molar-refractivity contribution in [2.45, 2.75) is 47.5 Å². The van der Waals surface area contributed by atoms with Gasteiger partial charge in [0.25, 0.3) is 0 Å². The van der Waals surface area contributed by atoms with Crippen molar-refractivity contribution < 1.29 is 9.59 Å². The molecule has 0 rings (SSSR count). The van der Waals surface area contributed by atoms with Gasteiger partial charge in [0.2, 0.25) is 5.91 Å². The van der Waals surface area contributed by atoms with E-state index < -0.39 is 0 Å². The molecule has 1 atom stereocenters. The fraction of sp³-hybridized carbons (Fsp3) is 0.857. The number of nitrogens with one attached hydrogen (secondary N) is 2. The van der Waals surface area contributed by atoms with E-state index in [2.05, 4.69) is 31.4 Å². The minimum Gasteiger partial charge on any atom is -0.356 e. The molecular formula is C14H28N2O2. The Labute approximate surface area is 111 Å². The fourth-order valence-electron chi connectivity index (χ4n) is 2.13. The second-order valence-corrected chi connectivity index (χ2v) is 6.04. The molecule has 1 amide bonds. The van der Waals surface area contributed by atoms with Crippen molar-refractivity contribution in [3.05, 3.63) is 0 Å². The molecule has 0 aliphatic carbocycles. The molecule has 0 radical (unpaired) electrons. The molecule has 2 N–H and O–H groups in total. The van der Waals surface area contributed by atoms with Crippen molar-refractivity contribution in [2.24, 2.45) is 11.3 Å². The molecular weight excluding hydrogens is 228 g/mol. The molecule has 1 unspecified atom stereocenters. The van der Waals surface area contributed by atoms with E-state index in [1.165, 1.54) is 0 Å². The first-order valence-electron chi connectivity index (χ1n) is 6.67. The Hall–Kier alpha value is -0.900. The van der Waals surface area contributed by atoms with Crippen LogP contribution in [0.3, 0.4) is 0 Å². The van der Waals surface area contributed by atoms with E-state index >= 15 is 0 Å². The van der Waals surface area contributed by atoms with Crippen LogP contribution in [0.5, 0.6) is 0 Å². The summed E-state index contributed by atoms with van der Waals surface area (Å²) in [6.45, 7) is 11.8. The van der Waals surface area contributed by atoms with Crippen LogP contribution in [0.2, 0.25) is 0 Å². The van der Waals surface area contributed by atoms with Gasteiger partial charge in [-0.3, -0.25) is 9.59 Å². The van der Waals surface area contributed by atoms with Crippen molar-refractivity contribution in [3.63, 3.8) is 0 Å². The largest absolute Gasteiger partial charge is 0.356 e. The van der Waals surface area contributed by atoms with Crippen molar-refractivity contribution in [2.75, 3.05) is 19.6 Å². The summed E-state index contributed by atoms with van der Waals surface area (Å²) in [5.41, 5.74) is 0.224. The van der Waals surface area contributed by atoms with Gasteiger partial charge in [-0.05, 0) is 37.6 Å². The number of carbonyl (C=O) groups excluding carboxylic acids is 2. The number of Topliss-reactive ketones (excluding diaryl/α,β-unsaturated/α-hetero) is 1. The van der Waals surface area contributed by atoms with E-state index in [0.29, 0.717) is 12.5 Å². The Morgan fingerprint density at radius 3 is 2.33 bits per heavy atom. The van der Waals surface area contributed by atoms with Crippen LogP contribution in [0, 0.1) is 11.3 Å². The normalized spacial score (nSPS) is 13.2. The zero-order chi connectivity index (χ0) is 14.2. The third-order valence-electron chi connectivity index (χ3n) is 2.95. The Morgan fingerprint density at radius 1 is 1.22 bits per heavy atom. The molecule has 0 aromatic heterocycles. The summed E-state index contributed by atoms with van der Waals surface area (Å²) in [4.78, 5) is 21.6. The van der Waals surface area contributed by atoms with E-state index in [0.717, 1.165) is 25.9 Å². The molecule has 106 valence electrons. The van der Waals surface area contributed by atoms with Gasteiger partial charge < -0.3 is 10.6 Å². The highest BCUT2D eigenvalue weighted by molar-refractivity contribution is 5.77. The summed E-state index contributed by atoms with van der Waals surface area (Å²) >= 11 is 0. The molecule has 0 fully saturated rings. The average Bonchev–Trinajstić information content (AvgIpc) is 2.21. The van der Waals surface area contributed by atoms with Gasteiger partial charge in [0.1, 0.15) is 5.78 Å². The predicted molar refractivity (Wildman–Crippen MR) is 74.4 cm³/mol. The van der Waals surface area contributed by atoms with Gasteiger partial charge in [0.15, 0.2) is 0 Å². The zero-order valence-corrected chi connectivity index (χ0v) is 12.4. The Morgan fingerprint density at radius 2 is 1.83 bits per heavy atom. The lowest BCUT2D eigenvalue weighted by Crippen LogP contribution is -2.31. The number of hydrogen-bond acceptors (Lipinski definition) is 3. The van der Waals surface area contributed by atoms with Gasteiger partial charge in [-0.25, -0.2) is 0 Å². The first-order chi connectivity index (χ1) is 8.23. The van der Waals surface area contributed by atoms with E-state index in [1.807, 2.05) is 0 Å². The third kappa shape index (κ3) is 10.3. The first kappa shape index (κ1) is 17.1. The summed E-state index contributed by atoms with van der Waals surface area (Å²) in [5, 5.41) is 6.00. The second kappa shape index (κ2) is 8.25. The molecule has 0 spiro atoms. The highest BCUT2D eigenvalue weighted by Gasteiger charge is 2.20. The molecule has 4 heteroatoms. The van der Waals surface area contributed by atoms with E-state index in [9.17, 15) is 9.59 Å². The second-order valence-electron chi connectivity index (χ2n) is 6.04. The summed E-state index contributed by atoms with van der Waals surface area (Å²) in [7, 11) is 0. The lowest BCUT2D eigenvalue weighted by atomic mass is 9.80. The van der Waals surface area contributed by atoms with E-state index in [-0.39, 0.29) is 17.1 Å².